The van der Waals surface area contributed by atoms with Gasteiger partial charge >= 0.3 is 0 Å². The molecule has 0 saturated carbocycles. The summed E-state index contributed by atoms with van der Waals surface area (Å²) in [5.41, 5.74) is 1.54. The van der Waals surface area contributed by atoms with Crippen molar-refractivity contribution in [2.45, 2.75) is 25.8 Å². The molecule has 2 N–H and O–H groups in total. The zero-order valence-corrected chi connectivity index (χ0v) is 9.22. The number of benzene rings is 1. The average Bonchev–Trinajstić information content (AvgIpc) is 2.73. The van der Waals surface area contributed by atoms with Crippen LogP contribution >= 0.6 is 0 Å². The number of hydrogen-bond donors (Lipinski definition) is 2. The van der Waals surface area contributed by atoms with Gasteiger partial charge in [-0.3, -0.25) is 4.79 Å². The maximum Gasteiger partial charge on any atom is 0.221 e. The summed E-state index contributed by atoms with van der Waals surface area (Å²) in [7, 11) is 0. The van der Waals surface area contributed by atoms with Gasteiger partial charge < -0.3 is 10.6 Å². The summed E-state index contributed by atoms with van der Waals surface area (Å²) in [6, 6.07) is 4.63. The lowest BCUT2D eigenvalue weighted by atomic mass is 10.0. The van der Waals surface area contributed by atoms with Gasteiger partial charge in [-0.15, -0.1) is 0 Å². The molecule has 2 rings (SSSR count). The van der Waals surface area contributed by atoms with Gasteiger partial charge in [-0.05, 0) is 43.1 Å². The van der Waals surface area contributed by atoms with Crippen LogP contribution < -0.4 is 10.6 Å². The predicted molar refractivity (Wildman–Crippen MR) is 60.7 cm³/mol. The first-order valence-electron chi connectivity index (χ1n) is 5.47. The molecule has 1 atom stereocenters. The van der Waals surface area contributed by atoms with Crippen LogP contribution in [0.2, 0.25) is 0 Å². The summed E-state index contributed by atoms with van der Waals surface area (Å²) in [5.74, 6) is -0.399. The van der Waals surface area contributed by atoms with E-state index in [2.05, 4.69) is 10.6 Å². The molecule has 3 nitrogen and oxygen atoms in total. The van der Waals surface area contributed by atoms with E-state index in [4.69, 9.17) is 0 Å². The van der Waals surface area contributed by atoms with E-state index >= 15 is 0 Å². The van der Waals surface area contributed by atoms with Crippen molar-refractivity contribution < 1.29 is 9.18 Å². The molecule has 1 saturated heterocycles. The molecule has 1 amide bonds. The molecule has 0 spiro atoms. The molecule has 1 aromatic rings. The Morgan fingerprint density at radius 2 is 2.38 bits per heavy atom. The lowest BCUT2D eigenvalue weighted by Gasteiger charge is -2.16. The normalized spacial score (nSPS) is 19.8. The first kappa shape index (κ1) is 11.1. The zero-order chi connectivity index (χ0) is 11.5. The van der Waals surface area contributed by atoms with Crippen molar-refractivity contribution in [2.75, 3.05) is 11.9 Å². The summed E-state index contributed by atoms with van der Waals surface area (Å²) in [6.45, 7) is 2.40. The van der Waals surface area contributed by atoms with Gasteiger partial charge in [-0.1, -0.05) is 0 Å². The number of rotatable bonds is 2. The van der Waals surface area contributed by atoms with E-state index in [1.54, 1.807) is 6.07 Å². The van der Waals surface area contributed by atoms with Gasteiger partial charge in [0.15, 0.2) is 0 Å². The molecule has 0 bridgehead atoms. The van der Waals surface area contributed by atoms with Gasteiger partial charge in [0, 0.05) is 18.7 Å². The maximum atomic E-state index is 13.2. The smallest absolute Gasteiger partial charge is 0.221 e. The fourth-order valence-corrected chi connectivity index (χ4v) is 2.08. The van der Waals surface area contributed by atoms with Gasteiger partial charge in [0.25, 0.3) is 0 Å². The highest BCUT2D eigenvalue weighted by atomic mass is 19.1. The minimum absolute atomic E-state index is 0.133. The molecule has 86 valence electrons. The molecule has 4 heteroatoms. The van der Waals surface area contributed by atoms with Crippen molar-refractivity contribution in [3.63, 3.8) is 0 Å². The van der Waals surface area contributed by atoms with Crippen LogP contribution in [0.15, 0.2) is 18.2 Å². The predicted octanol–water partition coefficient (Wildman–Crippen LogP) is 2.21. The Bertz CT molecular complexity index is 400. The van der Waals surface area contributed by atoms with E-state index in [9.17, 15) is 9.18 Å². The van der Waals surface area contributed by atoms with E-state index < -0.39 is 0 Å². The molecule has 0 radical (unpaired) electrons. The molecule has 0 aromatic heterocycles. The largest absolute Gasteiger partial charge is 0.326 e. The minimum Gasteiger partial charge on any atom is -0.326 e. The molecule has 16 heavy (non-hydrogen) atoms. The van der Waals surface area contributed by atoms with E-state index in [0.29, 0.717) is 5.69 Å². The van der Waals surface area contributed by atoms with Gasteiger partial charge in [0.05, 0.1) is 0 Å². The van der Waals surface area contributed by atoms with Gasteiger partial charge in [-0.2, -0.15) is 0 Å². The summed E-state index contributed by atoms with van der Waals surface area (Å²) < 4.78 is 13.2. The van der Waals surface area contributed by atoms with Crippen LogP contribution in [0.4, 0.5) is 10.1 Å². The fourth-order valence-electron chi connectivity index (χ4n) is 2.08. The molecule has 0 aliphatic carbocycles. The molecule has 1 aliphatic heterocycles. The van der Waals surface area contributed by atoms with Crippen molar-refractivity contribution in [1.82, 2.24) is 5.32 Å². The lowest BCUT2D eigenvalue weighted by molar-refractivity contribution is -0.114. The van der Waals surface area contributed by atoms with Crippen LogP contribution in [-0.2, 0) is 4.79 Å². The Hall–Kier alpha value is -1.42. The molecule has 0 unspecified atom stereocenters. The Morgan fingerprint density at radius 1 is 1.56 bits per heavy atom. The van der Waals surface area contributed by atoms with Crippen molar-refractivity contribution in [1.29, 1.82) is 0 Å². The lowest BCUT2D eigenvalue weighted by Crippen LogP contribution is -2.16. The first-order chi connectivity index (χ1) is 7.66. The first-order valence-corrected chi connectivity index (χ1v) is 5.47. The number of hydrogen-bond acceptors (Lipinski definition) is 2. The molecular formula is C12H15FN2O. The third-order valence-corrected chi connectivity index (χ3v) is 2.76. The SMILES string of the molecule is CC(=O)Nc1ccc(F)cc1[C@@H]1CCCN1. The van der Waals surface area contributed by atoms with E-state index in [0.717, 1.165) is 24.9 Å². The Morgan fingerprint density at radius 3 is 3.00 bits per heavy atom. The van der Waals surface area contributed by atoms with Crippen LogP contribution in [0.5, 0.6) is 0 Å². The average molecular weight is 222 g/mol. The second kappa shape index (κ2) is 4.61. The number of amides is 1. The third kappa shape index (κ3) is 2.39. The fraction of sp³-hybridized carbons (Fsp3) is 0.417. The zero-order valence-electron chi connectivity index (χ0n) is 9.22. The van der Waals surface area contributed by atoms with E-state index in [1.807, 2.05) is 0 Å². The maximum absolute atomic E-state index is 13.2. The quantitative estimate of drug-likeness (QED) is 0.805. The molecule has 1 heterocycles. The third-order valence-electron chi connectivity index (χ3n) is 2.76. The summed E-state index contributed by atoms with van der Waals surface area (Å²) in [5, 5.41) is 6.03. The van der Waals surface area contributed by atoms with Crippen molar-refractivity contribution >= 4 is 11.6 Å². The summed E-state index contributed by atoms with van der Waals surface area (Å²) in [6.07, 6.45) is 2.07. The summed E-state index contributed by atoms with van der Waals surface area (Å²) in [4.78, 5) is 11.0. The summed E-state index contributed by atoms with van der Waals surface area (Å²) >= 11 is 0. The molecular weight excluding hydrogens is 207 g/mol. The number of carbonyl (C=O) groups is 1. The highest BCUT2D eigenvalue weighted by molar-refractivity contribution is 5.89. The van der Waals surface area contributed by atoms with Crippen LogP contribution in [0.1, 0.15) is 31.4 Å². The number of nitrogens with one attached hydrogen (secondary N) is 2. The second-order valence-electron chi connectivity index (χ2n) is 4.06. The number of halogens is 1. The van der Waals surface area contributed by atoms with Gasteiger partial charge in [0.2, 0.25) is 5.91 Å². The highest BCUT2D eigenvalue weighted by Crippen LogP contribution is 2.29. The topological polar surface area (TPSA) is 41.1 Å². The van der Waals surface area contributed by atoms with E-state index in [1.165, 1.54) is 19.1 Å². The number of carbonyl (C=O) groups excluding carboxylic acids is 1. The van der Waals surface area contributed by atoms with Crippen molar-refractivity contribution in [3.05, 3.63) is 29.6 Å². The van der Waals surface area contributed by atoms with Crippen molar-refractivity contribution in [3.8, 4) is 0 Å². The Labute approximate surface area is 94.0 Å². The monoisotopic (exact) mass is 222 g/mol. The molecule has 1 aliphatic rings. The molecule has 1 aromatic carbocycles. The van der Waals surface area contributed by atoms with Gasteiger partial charge in [0.1, 0.15) is 5.82 Å². The standard InChI is InChI=1S/C12H15FN2O/c1-8(16)15-12-5-4-9(13)7-10(12)11-3-2-6-14-11/h4-5,7,11,14H,2-3,6H2,1H3,(H,15,16)/t11-/m0/s1. The van der Waals surface area contributed by atoms with Crippen LogP contribution in [-0.4, -0.2) is 12.5 Å². The Balaban J connectivity index is 2.31. The Kier molecular flexibility index (Phi) is 3.19. The minimum atomic E-state index is -0.266. The second-order valence-corrected chi connectivity index (χ2v) is 4.06. The number of anilines is 1. The van der Waals surface area contributed by atoms with Crippen LogP contribution in [0, 0.1) is 5.82 Å². The van der Waals surface area contributed by atoms with Crippen LogP contribution in [0.3, 0.4) is 0 Å². The van der Waals surface area contributed by atoms with E-state index in [-0.39, 0.29) is 17.8 Å². The van der Waals surface area contributed by atoms with Gasteiger partial charge in [-0.25, -0.2) is 4.39 Å². The van der Waals surface area contributed by atoms with Crippen LogP contribution in [0.25, 0.3) is 0 Å². The van der Waals surface area contributed by atoms with Crippen molar-refractivity contribution in [2.24, 2.45) is 0 Å². The highest BCUT2D eigenvalue weighted by Gasteiger charge is 2.20. The molecule has 1 fully saturated rings.